The van der Waals surface area contributed by atoms with Gasteiger partial charge in [-0.05, 0) is 47.0 Å². The van der Waals surface area contributed by atoms with E-state index in [4.69, 9.17) is 5.73 Å². The van der Waals surface area contributed by atoms with Crippen LogP contribution >= 0.6 is 15.9 Å². The summed E-state index contributed by atoms with van der Waals surface area (Å²) >= 11 is 3.40. The van der Waals surface area contributed by atoms with Gasteiger partial charge >= 0.3 is 0 Å². The van der Waals surface area contributed by atoms with Gasteiger partial charge in [-0.15, -0.1) is 5.10 Å². The molecular weight excluding hydrogens is 256 g/mol. The van der Waals surface area contributed by atoms with Gasteiger partial charge in [0.05, 0.1) is 6.04 Å². The topological polar surface area (TPSA) is 56.7 Å². The Morgan fingerprint density at radius 3 is 2.60 bits per heavy atom. The standard InChI is InChI=1S/C10H17BrN4/c1-6-3-4-8(5-7(6)2)15-9(11)13-10(12)14-15/h6-8H,3-5H2,1-2H3,(H2,12,14). The van der Waals surface area contributed by atoms with Crippen LogP contribution in [0.4, 0.5) is 5.95 Å². The number of halogens is 1. The van der Waals surface area contributed by atoms with E-state index in [1.807, 2.05) is 4.68 Å². The molecule has 0 saturated heterocycles. The minimum Gasteiger partial charge on any atom is -0.366 e. The van der Waals surface area contributed by atoms with Gasteiger partial charge in [0.2, 0.25) is 5.95 Å². The first kappa shape index (κ1) is 10.9. The highest BCUT2D eigenvalue weighted by Gasteiger charge is 2.27. The lowest BCUT2D eigenvalue weighted by molar-refractivity contribution is 0.199. The number of nitrogen functional groups attached to an aromatic ring is 1. The van der Waals surface area contributed by atoms with Crippen molar-refractivity contribution in [3.8, 4) is 0 Å². The van der Waals surface area contributed by atoms with Gasteiger partial charge in [-0.1, -0.05) is 13.8 Å². The fraction of sp³-hybridized carbons (Fsp3) is 0.800. The zero-order chi connectivity index (χ0) is 11.0. The Kier molecular flexibility index (Phi) is 3.00. The van der Waals surface area contributed by atoms with Gasteiger partial charge < -0.3 is 5.73 Å². The molecule has 0 bridgehead atoms. The number of hydrogen-bond acceptors (Lipinski definition) is 3. The van der Waals surface area contributed by atoms with Crippen molar-refractivity contribution < 1.29 is 0 Å². The van der Waals surface area contributed by atoms with Crippen LogP contribution in [0, 0.1) is 11.8 Å². The molecule has 4 nitrogen and oxygen atoms in total. The molecule has 1 aliphatic rings. The van der Waals surface area contributed by atoms with Gasteiger partial charge in [0.15, 0.2) is 4.73 Å². The molecule has 1 heterocycles. The van der Waals surface area contributed by atoms with Crippen LogP contribution in [0.1, 0.15) is 39.2 Å². The third kappa shape index (κ3) is 2.17. The van der Waals surface area contributed by atoms with E-state index in [1.165, 1.54) is 19.3 Å². The van der Waals surface area contributed by atoms with E-state index in [0.717, 1.165) is 16.6 Å². The summed E-state index contributed by atoms with van der Waals surface area (Å²) < 4.78 is 2.68. The van der Waals surface area contributed by atoms with Gasteiger partial charge in [0.1, 0.15) is 0 Å². The maximum Gasteiger partial charge on any atom is 0.240 e. The van der Waals surface area contributed by atoms with Crippen LogP contribution in [0.5, 0.6) is 0 Å². The van der Waals surface area contributed by atoms with Crippen LogP contribution in [0.25, 0.3) is 0 Å². The molecule has 0 aromatic carbocycles. The molecule has 3 atom stereocenters. The number of anilines is 1. The summed E-state index contributed by atoms with van der Waals surface area (Å²) in [6.45, 7) is 4.64. The molecule has 2 N–H and O–H groups in total. The van der Waals surface area contributed by atoms with Crippen LogP contribution in [-0.2, 0) is 0 Å². The van der Waals surface area contributed by atoms with Gasteiger partial charge in [0, 0.05) is 0 Å². The third-order valence-corrected chi connectivity index (χ3v) is 4.06. The predicted octanol–water partition coefficient (Wildman–Crippen LogP) is 2.62. The fourth-order valence-electron chi connectivity index (χ4n) is 2.29. The van der Waals surface area contributed by atoms with Crippen molar-refractivity contribution in [3.63, 3.8) is 0 Å². The Bertz CT molecular complexity index is 349. The summed E-state index contributed by atoms with van der Waals surface area (Å²) in [6, 6.07) is 0.454. The number of rotatable bonds is 1. The van der Waals surface area contributed by atoms with Crippen molar-refractivity contribution in [2.24, 2.45) is 11.8 Å². The van der Waals surface area contributed by atoms with E-state index in [1.54, 1.807) is 0 Å². The van der Waals surface area contributed by atoms with Gasteiger partial charge in [-0.2, -0.15) is 4.98 Å². The summed E-state index contributed by atoms with van der Waals surface area (Å²) in [4.78, 5) is 4.08. The Labute approximate surface area is 98.4 Å². The average Bonchev–Trinajstić information content (AvgIpc) is 2.50. The molecule has 0 radical (unpaired) electrons. The summed E-state index contributed by atoms with van der Waals surface area (Å²) in [7, 11) is 0. The quantitative estimate of drug-likeness (QED) is 0.855. The van der Waals surface area contributed by atoms with Crippen molar-refractivity contribution in [1.29, 1.82) is 0 Å². The smallest absolute Gasteiger partial charge is 0.240 e. The van der Waals surface area contributed by atoms with E-state index < -0.39 is 0 Å². The first-order valence-electron chi connectivity index (χ1n) is 5.45. The van der Waals surface area contributed by atoms with Crippen molar-refractivity contribution in [3.05, 3.63) is 4.73 Å². The lowest BCUT2D eigenvalue weighted by Crippen LogP contribution is -2.24. The fourth-order valence-corrected chi connectivity index (χ4v) is 2.84. The van der Waals surface area contributed by atoms with Gasteiger partial charge in [-0.25, -0.2) is 4.68 Å². The number of hydrogen-bond donors (Lipinski definition) is 1. The Hall–Kier alpha value is -0.580. The monoisotopic (exact) mass is 272 g/mol. The predicted molar refractivity (Wildman–Crippen MR) is 63.4 cm³/mol. The molecule has 3 unspecified atom stereocenters. The number of aromatic nitrogens is 3. The molecule has 1 aromatic heterocycles. The lowest BCUT2D eigenvalue weighted by atomic mass is 9.79. The second kappa shape index (κ2) is 4.12. The molecule has 0 amide bonds. The molecular formula is C10H17BrN4. The first-order valence-corrected chi connectivity index (χ1v) is 6.24. The zero-order valence-corrected chi connectivity index (χ0v) is 10.7. The Balaban J connectivity index is 2.15. The van der Waals surface area contributed by atoms with Crippen LogP contribution in [-0.4, -0.2) is 14.8 Å². The van der Waals surface area contributed by atoms with E-state index in [0.29, 0.717) is 12.0 Å². The summed E-state index contributed by atoms with van der Waals surface area (Å²) in [5.41, 5.74) is 5.57. The van der Waals surface area contributed by atoms with Crippen LogP contribution in [0.3, 0.4) is 0 Å². The maximum absolute atomic E-state index is 5.57. The normalized spacial score (nSPS) is 31.8. The largest absolute Gasteiger partial charge is 0.366 e. The van der Waals surface area contributed by atoms with Crippen LogP contribution < -0.4 is 5.73 Å². The Morgan fingerprint density at radius 1 is 1.33 bits per heavy atom. The molecule has 1 fully saturated rings. The molecule has 5 heteroatoms. The number of nitrogens with zero attached hydrogens (tertiary/aromatic N) is 3. The SMILES string of the molecule is CC1CCC(n2nc(N)nc2Br)CC1C. The highest BCUT2D eigenvalue weighted by molar-refractivity contribution is 9.10. The van der Waals surface area contributed by atoms with E-state index in [2.05, 4.69) is 39.9 Å². The molecule has 0 spiro atoms. The van der Waals surface area contributed by atoms with Crippen molar-refractivity contribution >= 4 is 21.9 Å². The second-order valence-corrected chi connectivity index (χ2v) is 5.31. The minimum absolute atomic E-state index is 0.355. The first-order chi connectivity index (χ1) is 7.08. The Morgan fingerprint density at radius 2 is 2.07 bits per heavy atom. The zero-order valence-electron chi connectivity index (χ0n) is 9.15. The van der Waals surface area contributed by atoms with Gasteiger partial charge in [0.25, 0.3) is 0 Å². The molecule has 1 saturated carbocycles. The highest BCUT2D eigenvalue weighted by atomic mass is 79.9. The molecule has 0 aliphatic heterocycles. The summed E-state index contributed by atoms with van der Waals surface area (Å²) in [5.74, 6) is 1.93. The number of nitrogens with two attached hydrogens (primary N) is 1. The van der Waals surface area contributed by atoms with Crippen molar-refractivity contribution in [2.75, 3.05) is 5.73 Å². The second-order valence-electron chi connectivity index (χ2n) is 4.61. The lowest BCUT2D eigenvalue weighted by Gasteiger charge is -2.32. The van der Waals surface area contributed by atoms with Crippen LogP contribution in [0.15, 0.2) is 4.73 Å². The van der Waals surface area contributed by atoms with E-state index in [9.17, 15) is 0 Å². The summed E-state index contributed by atoms with van der Waals surface area (Å²) in [6.07, 6.45) is 3.60. The van der Waals surface area contributed by atoms with E-state index in [-0.39, 0.29) is 0 Å². The van der Waals surface area contributed by atoms with Crippen molar-refractivity contribution in [1.82, 2.24) is 14.8 Å². The average molecular weight is 273 g/mol. The molecule has 1 aliphatic carbocycles. The van der Waals surface area contributed by atoms with Gasteiger partial charge in [-0.3, -0.25) is 0 Å². The molecule has 2 rings (SSSR count). The van der Waals surface area contributed by atoms with Crippen LogP contribution in [0.2, 0.25) is 0 Å². The van der Waals surface area contributed by atoms with E-state index >= 15 is 0 Å². The molecule has 15 heavy (non-hydrogen) atoms. The maximum atomic E-state index is 5.57. The minimum atomic E-state index is 0.355. The third-order valence-electron chi connectivity index (χ3n) is 3.52. The highest BCUT2D eigenvalue weighted by Crippen LogP contribution is 2.36. The summed E-state index contributed by atoms with van der Waals surface area (Å²) in [5, 5.41) is 4.23. The molecule has 84 valence electrons. The van der Waals surface area contributed by atoms with Crippen molar-refractivity contribution in [2.45, 2.75) is 39.2 Å². The molecule has 1 aromatic rings.